The summed E-state index contributed by atoms with van der Waals surface area (Å²) in [5.41, 5.74) is 15.7. The molecule has 0 fully saturated rings. The van der Waals surface area contributed by atoms with E-state index in [1.165, 1.54) is 60.9 Å². The first-order chi connectivity index (χ1) is 32.7. The van der Waals surface area contributed by atoms with Gasteiger partial charge < -0.3 is 14.2 Å². The highest BCUT2D eigenvalue weighted by Gasteiger charge is 2.46. The Labute approximate surface area is 386 Å². The lowest BCUT2D eigenvalue weighted by atomic mass is 9.62. The van der Waals surface area contributed by atoms with Gasteiger partial charge in [-0.25, -0.2) is 0 Å². The summed E-state index contributed by atoms with van der Waals surface area (Å²) < 4.78 is 9.07. The number of anilines is 2. The molecular formula is C63H46N2O. The van der Waals surface area contributed by atoms with Gasteiger partial charge in [-0.2, -0.15) is 0 Å². The van der Waals surface area contributed by atoms with Gasteiger partial charge in [0.15, 0.2) is 0 Å². The molecule has 1 aromatic heterocycles. The fourth-order valence-electron chi connectivity index (χ4n) is 10.4. The second-order valence-electron chi connectivity index (χ2n) is 17.1. The summed E-state index contributed by atoms with van der Waals surface area (Å²) in [6, 6.07) is 83.2. The Morgan fingerprint density at radius 2 is 0.970 bits per heavy atom. The largest absolute Gasteiger partial charge is 0.457 e. The molecule has 0 saturated carbocycles. The highest BCUT2D eigenvalue weighted by molar-refractivity contribution is 6.10. The summed E-state index contributed by atoms with van der Waals surface area (Å²) >= 11 is 0. The summed E-state index contributed by atoms with van der Waals surface area (Å²) in [6.45, 7) is 0. The standard InChI is InChI=1S/C63H46N2O/c1-5-19-45(20-6-1)46-33-38-52(39-34-46)64(53-40-35-47(36-41-53)48-37-42-60-56(43-48)55-27-13-16-30-59(55)65(60)51-24-10-4-11-25-51)54-26-12-3-9-23-50(44-54)63(49-21-7-2-8-22-49)57-28-14-17-31-61(57)66-62-32-18-15-29-58(62)63/h1-8,10-25,27-44H,9,26H2/b12-3?,50-23-,54-44+. The summed E-state index contributed by atoms with van der Waals surface area (Å²) in [6.07, 6.45) is 11.1. The van der Waals surface area contributed by atoms with Crippen molar-refractivity contribution in [3.63, 3.8) is 0 Å². The first-order valence-corrected chi connectivity index (χ1v) is 22.9. The normalized spacial score (nSPS) is 15.6. The number of aromatic nitrogens is 1. The summed E-state index contributed by atoms with van der Waals surface area (Å²) in [4.78, 5) is 2.45. The van der Waals surface area contributed by atoms with E-state index in [1.54, 1.807) is 0 Å². The number of nitrogens with zero attached hydrogens (tertiary/aromatic N) is 2. The second-order valence-corrected chi connectivity index (χ2v) is 17.1. The molecule has 66 heavy (non-hydrogen) atoms. The van der Waals surface area contributed by atoms with Crippen LogP contribution in [0.15, 0.2) is 266 Å². The van der Waals surface area contributed by atoms with Gasteiger partial charge in [0.25, 0.3) is 0 Å². The third kappa shape index (κ3) is 6.67. The number of rotatable bonds is 8. The van der Waals surface area contributed by atoms with E-state index < -0.39 is 5.41 Å². The zero-order chi connectivity index (χ0) is 43.9. The maximum atomic E-state index is 6.70. The second kappa shape index (κ2) is 16.6. The molecule has 1 aliphatic heterocycles. The van der Waals surface area contributed by atoms with Crippen molar-refractivity contribution in [2.24, 2.45) is 0 Å². The third-order valence-corrected chi connectivity index (χ3v) is 13.4. The Morgan fingerprint density at radius 1 is 0.439 bits per heavy atom. The minimum absolute atomic E-state index is 0.641. The Morgan fingerprint density at radius 3 is 1.65 bits per heavy atom. The number of allylic oxidation sites excluding steroid dienone is 5. The summed E-state index contributed by atoms with van der Waals surface area (Å²) in [7, 11) is 0. The molecule has 0 radical (unpaired) electrons. The highest BCUT2D eigenvalue weighted by atomic mass is 16.5. The molecule has 0 atom stereocenters. The van der Waals surface area contributed by atoms with Crippen molar-refractivity contribution in [1.82, 2.24) is 4.57 Å². The number of benzene rings is 9. The highest BCUT2D eigenvalue weighted by Crippen LogP contribution is 2.56. The molecule has 0 spiro atoms. The van der Waals surface area contributed by atoms with Crippen LogP contribution in [0.3, 0.4) is 0 Å². The lowest BCUT2D eigenvalue weighted by molar-refractivity contribution is 0.434. The number of para-hydroxylation sites is 4. The minimum Gasteiger partial charge on any atom is -0.457 e. The van der Waals surface area contributed by atoms with Gasteiger partial charge in [0.05, 0.1) is 16.4 Å². The molecule has 12 rings (SSSR count). The fraction of sp³-hybridized carbons (Fsp3) is 0.0476. The van der Waals surface area contributed by atoms with Crippen molar-refractivity contribution >= 4 is 33.2 Å². The monoisotopic (exact) mass is 846 g/mol. The molecule has 1 aliphatic carbocycles. The smallest absolute Gasteiger partial charge is 0.132 e. The van der Waals surface area contributed by atoms with Crippen molar-refractivity contribution in [1.29, 1.82) is 0 Å². The van der Waals surface area contributed by atoms with E-state index in [-0.39, 0.29) is 0 Å². The van der Waals surface area contributed by atoms with Gasteiger partial charge in [-0.1, -0.05) is 182 Å². The van der Waals surface area contributed by atoms with Gasteiger partial charge in [0.2, 0.25) is 0 Å². The minimum atomic E-state index is -0.641. The van der Waals surface area contributed by atoms with Gasteiger partial charge in [0, 0.05) is 51.1 Å². The van der Waals surface area contributed by atoms with Gasteiger partial charge in [0.1, 0.15) is 11.5 Å². The van der Waals surface area contributed by atoms with E-state index in [1.807, 2.05) is 0 Å². The van der Waals surface area contributed by atoms with Crippen LogP contribution in [0.2, 0.25) is 0 Å². The van der Waals surface area contributed by atoms with E-state index in [9.17, 15) is 0 Å². The molecule has 2 aliphatic rings. The van der Waals surface area contributed by atoms with Crippen LogP contribution >= 0.6 is 0 Å². The average molecular weight is 847 g/mol. The first-order valence-electron chi connectivity index (χ1n) is 22.9. The predicted octanol–water partition coefficient (Wildman–Crippen LogP) is 16.6. The zero-order valence-corrected chi connectivity index (χ0v) is 36.5. The van der Waals surface area contributed by atoms with Crippen LogP contribution < -0.4 is 9.64 Å². The molecule has 3 heteroatoms. The van der Waals surface area contributed by atoms with Crippen LogP contribution in [0.25, 0.3) is 49.7 Å². The molecule has 9 aromatic carbocycles. The van der Waals surface area contributed by atoms with Crippen LogP contribution in [-0.2, 0) is 5.41 Å². The quantitative estimate of drug-likeness (QED) is 0.142. The SMILES string of the molecule is C1=CC/C(N(c2ccc(-c3ccccc3)cc2)c2ccc(-c3ccc4c(c3)c3ccccc3n4-c3ccccc3)cc2)=C\C(C2(c3ccccc3)c3ccccc3Oc3ccccc32)=C\C1. The third-order valence-electron chi connectivity index (χ3n) is 13.4. The first kappa shape index (κ1) is 39.2. The van der Waals surface area contributed by atoms with E-state index in [4.69, 9.17) is 4.74 Å². The van der Waals surface area contributed by atoms with Crippen LogP contribution in [0, 0.1) is 0 Å². The number of ether oxygens (including phenoxy) is 1. The van der Waals surface area contributed by atoms with E-state index in [2.05, 4.69) is 264 Å². The van der Waals surface area contributed by atoms with Crippen LogP contribution in [-0.4, -0.2) is 4.57 Å². The van der Waals surface area contributed by atoms with E-state index in [0.29, 0.717) is 0 Å². The molecule has 0 saturated heterocycles. The van der Waals surface area contributed by atoms with Crippen molar-refractivity contribution < 1.29 is 4.74 Å². The lowest BCUT2D eigenvalue weighted by Gasteiger charge is -2.43. The molecular weight excluding hydrogens is 801 g/mol. The van der Waals surface area contributed by atoms with Crippen molar-refractivity contribution in [3.05, 3.63) is 283 Å². The molecule has 3 nitrogen and oxygen atoms in total. The molecule has 10 aromatic rings. The molecule has 2 heterocycles. The van der Waals surface area contributed by atoms with Crippen LogP contribution in [0.4, 0.5) is 11.4 Å². The predicted molar refractivity (Wildman–Crippen MR) is 274 cm³/mol. The fourth-order valence-corrected chi connectivity index (χ4v) is 10.4. The summed E-state index contributed by atoms with van der Waals surface area (Å²) in [5.74, 6) is 1.75. The molecule has 0 amide bonds. The Kier molecular flexibility index (Phi) is 9.87. The Hall–Kier alpha value is -8.40. The van der Waals surface area contributed by atoms with Gasteiger partial charge in [-0.3, -0.25) is 0 Å². The van der Waals surface area contributed by atoms with Gasteiger partial charge in [-0.05, 0) is 113 Å². The molecule has 314 valence electrons. The Balaban J connectivity index is 1.02. The van der Waals surface area contributed by atoms with Crippen molar-refractivity contribution in [3.8, 4) is 39.4 Å². The zero-order valence-electron chi connectivity index (χ0n) is 36.5. The molecule has 0 bridgehead atoms. The topological polar surface area (TPSA) is 17.4 Å². The number of hydrogen-bond acceptors (Lipinski definition) is 2. The van der Waals surface area contributed by atoms with Crippen molar-refractivity contribution in [2.45, 2.75) is 18.3 Å². The number of hydrogen-bond donors (Lipinski definition) is 0. The van der Waals surface area contributed by atoms with Gasteiger partial charge >= 0.3 is 0 Å². The van der Waals surface area contributed by atoms with E-state index in [0.717, 1.165) is 52.5 Å². The summed E-state index contributed by atoms with van der Waals surface area (Å²) in [5, 5.41) is 2.49. The number of fused-ring (bicyclic) bond motifs is 5. The van der Waals surface area contributed by atoms with Crippen LogP contribution in [0.1, 0.15) is 29.5 Å². The maximum absolute atomic E-state index is 6.70. The maximum Gasteiger partial charge on any atom is 0.132 e. The van der Waals surface area contributed by atoms with Gasteiger partial charge in [-0.15, -0.1) is 0 Å². The molecule has 0 unspecified atom stereocenters. The Bertz CT molecular complexity index is 3430. The lowest BCUT2D eigenvalue weighted by Crippen LogP contribution is -2.35. The molecule has 0 N–H and O–H groups in total. The van der Waals surface area contributed by atoms with E-state index >= 15 is 0 Å². The average Bonchev–Trinajstić information content (AvgIpc) is 3.71. The van der Waals surface area contributed by atoms with Crippen molar-refractivity contribution in [2.75, 3.05) is 4.90 Å². The van der Waals surface area contributed by atoms with Crippen LogP contribution in [0.5, 0.6) is 11.5 Å².